The van der Waals surface area contributed by atoms with Crippen molar-refractivity contribution in [2.75, 3.05) is 0 Å². The molecule has 0 aliphatic rings. The fourth-order valence-electron chi connectivity index (χ4n) is 1.01. The molecule has 0 amide bonds. The molecule has 0 atom stereocenters. The average molecular weight is 350 g/mol. The first-order valence-electron chi connectivity index (χ1n) is 5.67. The van der Waals surface area contributed by atoms with E-state index in [2.05, 4.69) is 32.4 Å². The van der Waals surface area contributed by atoms with Crippen LogP contribution >= 0.6 is 0 Å². The summed E-state index contributed by atoms with van der Waals surface area (Å²) in [6.45, 7) is 9.45. The quantitative estimate of drug-likeness (QED) is 0.742. The van der Waals surface area contributed by atoms with Crippen molar-refractivity contribution in [1.29, 1.82) is 0 Å². The Labute approximate surface area is 112 Å². The van der Waals surface area contributed by atoms with Crippen molar-refractivity contribution >= 4 is 34.1 Å². The van der Waals surface area contributed by atoms with Crippen molar-refractivity contribution in [3.63, 3.8) is 0 Å². The molecule has 0 heterocycles. The summed E-state index contributed by atoms with van der Waals surface area (Å²) >= 11 is -1.95. The molecule has 0 aromatic heterocycles. The van der Waals surface area contributed by atoms with Crippen molar-refractivity contribution < 1.29 is 20.4 Å². The number of carbonyl (C=O) groups is 2. The van der Waals surface area contributed by atoms with Gasteiger partial charge in [-0.05, 0) is 6.92 Å². The maximum atomic E-state index is 9.87. The van der Waals surface area contributed by atoms with Crippen LogP contribution < -0.4 is 0 Å². The third-order valence-corrected chi connectivity index (χ3v) is 6.62. The number of hydrogen-bond acceptors (Lipinski definition) is 4. The van der Waals surface area contributed by atoms with Gasteiger partial charge in [-0.3, -0.25) is 9.59 Å². The van der Waals surface area contributed by atoms with E-state index >= 15 is 0 Å². The first-order chi connectivity index (χ1) is 7.65. The molecular formula is C11H23InO5. The molecule has 0 fully saturated rings. The van der Waals surface area contributed by atoms with Crippen LogP contribution in [0, 0.1) is 0 Å². The SMILES string of the molecule is CC(=O)CC(=O)O.CC(C)[O][In]([CH3])[O]C(C)C. The van der Waals surface area contributed by atoms with E-state index in [1.807, 2.05) is 0 Å². The van der Waals surface area contributed by atoms with Crippen LogP contribution in [0.4, 0.5) is 0 Å². The van der Waals surface area contributed by atoms with Gasteiger partial charge in [0.05, 0.1) is 0 Å². The number of Topliss-reactive ketones (excluding diaryl/α,β-unsaturated/α-hetero) is 1. The Bertz CT molecular complexity index is 206. The molecule has 0 aromatic carbocycles. The number of carbonyl (C=O) groups excluding carboxylic acids is 1. The van der Waals surface area contributed by atoms with Crippen LogP contribution in [-0.2, 0) is 15.3 Å². The average Bonchev–Trinajstić information content (AvgIpc) is 1.97. The molecule has 0 radical (unpaired) electrons. The third kappa shape index (κ3) is 21.7. The first-order valence-corrected chi connectivity index (χ1v) is 11.7. The van der Waals surface area contributed by atoms with Gasteiger partial charge < -0.3 is 5.11 Å². The van der Waals surface area contributed by atoms with Crippen molar-refractivity contribution in [3.05, 3.63) is 0 Å². The molecule has 5 nitrogen and oxygen atoms in total. The maximum absolute atomic E-state index is 9.87. The Morgan fingerprint density at radius 2 is 1.47 bits per heavy atom. The van der Waals surface area contributed by atoms with Crippen LogP contribution in [0.15, 0.2) is 0 Å². The summed E-state index contributed by atoms with van der Waals surface area (Å²) in [5.74, 6) is -1.37. The van der Waals surface area contributed by atoms with Gasteiger partial charge in [-0.15, -0.1) is 0 Å². The van der Waals surface area contributed by atoms with Gasteiger partial charge in [0.15, 0.2) is 0 Å². The number of rotatable bonds is 6. The van der Waals surface area contributed by atoms with Gasteiger partial charge in [-0.1, -0.05) is 0 Å². The van der Waals surface area contributed by atoms with Gasteiger partial charge in [-0.2, -0.15) is 0 Å². The Morgan fingerprint density at radius 1 is 1.12 bits per heavy atom. The predicted molar refractivity (Wildman–Crippen MR) is 67.0 cm³/mol. The molecule has 6 heteroatoms. The summed E-state index contributed by atoms with van der Waals surface area (Å²) in [5, 5.41) is 7.86. The van der Waals surface area contributed by atoms with Crippen molar-refractivity contribution in [3.8, 4) is 0 Å². The Kier molecular flexibility index (Phi) is 12.5. The second-order valence-corrected chi connectivity index (χ2v) is 9.00. The van der Waals surface area contributed by atoms with Gasteiger partial charge >= 0.3 is 78.6 Å². The molecule has 0 aliphatic heterocycles. The van der Waals surface area contributed by atoms with E-state index in [4.69, 9.17) is 10.8 Å². The monoisotopic (exact) mass is 350 g/mol. The number of ketones is 1. The molecule has 0 spiro atoms. The minimum absolute atomic E-state index is 0.312. The Morgan fingerprint density at radius 3 is 1.59 bits per heavy atom. The van der Waals surface area contributed by atoms with E-state index < -0.39 is 28.3 Å². The molecule has 0 aromatic rings. The summed E-state index contributed by atoms with van der Waals surface area (Å²) in [5.41, 5.74) is 0. The van der Waals surface area contributed by atoms with Gasteiger partial charge in [-0.25, -0.2) is 0 Å². The van der Waals surface area contributed by atoms with Crippen LogP contribution in [0.3, 0.4) is 0 Å². The Balaban J connectivity index is 0. The molecule has 0 rings (SSSR count). The molecule has 100 valence electrons. The van der Waals surface area contributed by atoms with Crippen LogP contribution in [0.25, 0.3) is 0 Å². The summed E-state index contributed by atoms with van der Waals surface area (Å²) < 4.78 is 13.2. The van der Waals surface area contributed by atoms with Gasteiger partial charge in [0.2, 0.25) is 0 Å². The molecule has 17 heavy (non-hydrogen) atoms. The third-order valence-electron chi connectivity index (χ3n) is 1.33. The second kappa shape index (κ2) is 11.0. The normalized spacial score (nSPS) is 9.88. The topological polar surface area (TPSA) is 72.8 Å². The number of carboxylic acids is 1. The second-order valence-electron chi connectivity index (χ2n) is 4.21. The summed E-state index contributed by atoms with van der Waals surface area (Å²) in [6.07, 6.45) is 0.314. The van der Waals surface area contributed by atoms with Crippen LogP contribution in [0.1, 0.15) is 41.0 Å². The van der Waals surface area contributed by atoms with E-state index in [9.17, 15) is 9.59 Å². The fraction of sp³-hybridized carbons (Fsp3) is 0.818. The van der Waals surface area contributed by atoms with Crippen molar-refractivity contribution in [2.45, 2.75) is 57.9 Å². The molecule has 0 aliphatic carbocycles. The van der Waals surface area contributed by atoms with Crippen molar-refractivity contribution in [1.82, 2.24) is 0 Å². The van der Waals surface area contributed by atoms with Gasteiger partial charge in [0.25, 0.3) is 0 Å². The number of carboxylic acid groups (broad SMARTS) is 1. The zero-order valence-electron chi connectivity index (χ0n) is 11.5. The van der Waals surface area contributed by atoms with Crippen molar-refractivity contribution in [2.24, 2.45) is 0 Å². The van der Waals surface area contributed by atoms with E-state index in [0.717, 1.165) is 0 Å². The van der Waals surface area contributed by atoms with Gasteiger partial charge in [0.1, 0.15) is 12.2 Å². The summed E-state index contributed by atoms with van der Waals surface area (Å²) in [7, 11) is 0. The van der Waals surface area contributed by atoms with Crippen LogP contribution in [0.2, 0.25) is 4.68 Å². The first kappa shape index (κ1) is 19.3. The van der Waals surface area contributed by atoms with E-state index in [0.29, 0.717) is 12.2 Å². The van der Waals surface area contributed by atoms with E-state index in [-0.39, 0.29) is 12.2 Å². The fourth-order valence-corrected chi connectivity index (χ4v) is 5.57. The standard InChI is InChI=1S/C4H6O3.2C3H7O.CH3.In/c1-3(5)2-4(6)7;2*1-3(2)4;;/h2H2,1H3,(H,6,7);2*3H,1-2H3;1H3;/q;2*-1;;+2. The minimum atomic E-state index is -1.95. The van der Waals surface area contributed by atoms with E-state index in [1.54, 1.807) is 0 Å². The molecule has 1 N–H and O–H groups in total. The summed E-state index contributed by atoms with van der Waals surface area (Å²) in [4.78, 5) is 19.5. The molecular weight excluding hydrogens is 327 g/mol. The number of aliphatic carboxylic acids is 1. The van der Waals surface area contributed by atoms with E-state index in [1.165, 1.54) is 6.92 Å². The molecule has 0 saturated heterocycles. The number of hydrogen-bond donors (Lipinski definition) is 1. The molecule has 0 saturated carbocycles. The van der Waals surface area contributed by atoms with Crippen LogP contribution in [0.5, 0.6) is 0 Å². The van der Waals surface area contributed by atoms with Crippen LogP contribution in [-0.4, -0.2) is 51.4 Å². The zero-order chi connectivity index (χ0) is 14.0. The zero-order valence-corrected chi connectivity index (χ0v) is 14.8. The Hall–Kier alpha value is -0.0699. The summed E-state index contributed by atoms with van der Waals surface area (Å²) in [6, 6.07) is 0. The van der Waals surface area contributed by atoms with Gasteiger partial charge in [0, 0.05) is 0 Å². The molecule has 0 unspecified atom stereocenters. The predicted octanol–water partition coefficient (Wildman–Crippen LogP) is 2.00. The molecule has 0 bridgehead atoms.